The molecule has 1 amide bonds. The summed E-state index contributed by atoms with van der Waals surface area (Å²) in [7, 11) is 1.61. The Morgan fingerprint density at radius 2 is 2.04 bits per heavy atom. The molecule has 144 valence electrons. The van der Waals surface area contributed by atoms with Crippen molar-refractivity contribution in [3.05, 3.63) is 54.4 Å². The van der Waals surface area contributed by atoms with Crippen molar-refractivity contribution in [2.45, 2.75) is 19.4 Å². The zero-order chi connectivity index (χ0) is 18.9. The second-order valence-corrected chi connectivity index (χ2v) is 6.85. The van der Waals surface area contributed by atoms with Crippen molar-refractivity contribution in [2.75, 3.05) is 33.4 Å². The first-order valence-corrected chi connectivity index (χ1v) is 9.38. The van der Waals surface area contributed by atoms with Crippen molar-refractivity contribution in [1.82, 2.24) is 15.2 Å². The van der Waals surface area contributed by atoms with Gasteiger partial charge in [-0.3, -0.25) is 14.7 Å². The molecule has 6 heteroatoms. The Morgan fingerprint density at radius 3 is 2.78 bits per heavy atom. The van der Waals surface area contributed by atoms with E-state index in [9.17, 15) is 4.79 Å². The molecule has 0 aliphatic carbocycles. The van der Waals surface area contributed by atoms with Crippen LogP contribution in [0.1, 0.15) is 18.4 Å². The number of benzene rings is 1. The number of aromatic nitrogens is 1. The fourth-order valence-corrected chi connectivity index (χ4v) is 3.25. The van der Waals surface area contributed by atoms with Gasteiger partial charge >= 0.3 is 0 Å². The van der Waals surface area contributed by atoms with Gasteiger partial charge in [0.2, 0.25) is 0 Å². The molecule has 2 aromatic rings. The van der Waals surface area contributed by atoms with Crippen molar-refractivity contribution < 1.29 is 14.3 Å². The average molecular weight is 369 g/mol. The number of piperidine rings is 1. The predicted molar refractivity (Wildman–Crippen MR) is 104 cm³/mol. The average Bonchev–Trinajstić information content (AvgIpc) is 2.72. The van der Waals surface area contributed by atoms with E-state index in [1.54, 1.807) is 19.4 Å². The Labute approximate surface area is 160 Å². The van der Waals surface area contributed by atoms with Gasteiger partial charge in [-0.25, -0.2) is 0 Å². The summed E-state index contributed by atoms with van der Waals surface area (Å²) in [5, 5.41) is 2.99. The number of nitrogens with one attached hydrogen (secondary N) is 1. The molecule has 1 aromatic heterocycles. The Morgan fingerprint density at radius 1 is 1.22 bits per heavy atom. The smallest absolute Gasteiger partial charge is 0.257 e. The quantitative estimate of drug-likeness (QED) is 0.775. The van der Waals surface area contributed by atoms with Crippen LogP contribution in [0, 0.1) is 5.92 Å². The topological polar surface area (TPSA) is 63.7 Å². The van der Waals surface area contributed by atoms with Crippen LogP contribution >= 0.6 is 0 Å². The van der Waals surface area contributed by atoms with E-state index >= 15 is 0 Å². The molecule has 1 aromatic carbocycles. The van der Waals surface area contributed by atoms with Crippen LogP contribution in [-0.2, 0) is 11.3 Å². The van der Waals surface area contributed by atoms with E-state index in [-0.39, 0.29) is 12.5 Å². The van der Waals surface area contributed by atoms with E-state index in [0.29, 0.717) is 24.0 Å². The van der Waals surface area contributed by atoms with E-state index in [1.165, 1.54) is 5.56 Å². The summed E-state index contributed by atoms with van der Waals surface area (Å²) >= 11 is 0. The minimum Gasteiger partial charge on any atom is -0.497 e. The Kier molecular flexibility index (Phi) is 7.04. The summed E-state index contributed by atoms with van der Waals surface area (Å²) in [5.41, 5.74) is 1.25. The molecule has 1 aliphatic heterocycles. The lowest BCUT2D eigenvalue weighted by atomic mass is 9.96. The van der Waals surface area contributed by atoms with Crippen LogP contribution in [0.2, 0.25) is 0 Å². The number of carbonyl (C=O) groups is 1. The van der Waals surface area contributed by atoms with Gasteiger partial charge in [0.15, 0.2) is 6.61 Å². The number of hydrogen-bond donors (Lipinski definition) is 1. The van der Waals surface area contributed by atoms with Gasteiger partial charge < -0.3 is 14.8 Å². The van der Waals surface area contributed by atoms with Crippen molar-refractivity contribution >= 4 is 5.91 Å². The molecule has 1 fully saturated rings. The zero-order valence-electron chi connectivity index (χ0n) is 15.8. The van der Waals surface area contributed by atoms with Crippen molar-refractivity contribution in [2.24, 2.45) is 5.92 Å². The minimum atomic E-state index is -0.0874. The molecule has 0 saturated carbocycles. The Bertz CT molecular complexity index is 716. The maximum absolute atomic E-state index is 12.0. The standard InChI is InChI=1S/C21H27N3O3/c1-26-19-5-2-6-20(12-19)27-16-21(25)23-14-17-7-10-24(11-8-17)15-18-4-3-9-22-13-18/h2-6,9,12-13,17H,7-8,10-11,14-16H2,1H3,(H,23,25). The number of likely N-dealkylation sites (tertiary alicyclic amines) is 1. The molecule has 0 spiro atoms. The number of methoxy groups -OCH3 is 1. The summed E-state index contributed by atoms with van der Waals surface area (Å²) in [5.74, 6) is 1.78. The van der Waals surface area contributed by atoms with Crippen LogP contribution in [0.4, 0.5) is 0 Å². The van der Waals surface area contributed by atoms with E-state index in [1.807, 2.05) is 30.5 Å². The summed E-state index contributed by atoms with van der Waals surface area (Å²) < 4.78 is 10.7. The first kappa shape index (κ1) is 19.2. The molecule has 27 heavy (non-hydrogen) atoms. The van der Waals surface area contributed by atoms with Crippen LogP contribution in [0.5, 0.6) is 11.5 Å². The van der Waals surface area contributed by atoms with Gasteiger partial charge in [-0.05, 0) is 55.6 Å². The molecule has 6 nitrogen and oxygen atoms in total. The molecule has 3 rings (SSSR count). The van der Waals surface area contributed by atoms with Crippen molar-refractivity contribution in [1.29, 1.82) is 0 Å². The fraction of sp³-hybridized carbons (Fsp3) is 0.429. The molecule has 1 N–H and O–H groups in total. The fourth-order valence-electron chi connectivity index (χ4n) is 3.25. The number of amides is 1. The lowest BCUT2D eigenvalue weighted by Gasteiger charge is -2.31. The molecule has 0 atom stereocenters. The number of carbonyl (C=O) groups excluding carboxylic acids is 1. The van der Waals surface area contributed by atoms with Crippen molar-refractivity contribution in [3.8, 4) is 11.5 Å². The third-order valence-corrected chi connectivity index (χ3v) is 4.84. The first-order chi connectivity index (χ1) is 13.2. The van der Waals surface area contributed by atoms with Gasteiger partial charge in [-0.1, -0.05) is 12.1 Å². The molecule has 1 saturated heterocycles. The molecule has 0 radical (unpaired) electrons. The highest BCUT2D eigenvalue weighted by Gasteiger charge is 2.19. The van der Waals surface area contributed by atoms with E-state index in [0.717, 1.165) is 32.5 Å². The van der Waals surface area contributed by atoms with E-state index in [2.05, 4.69) is 21.3 Å². The van der Waals surface area contributed by atoms with Gasteiger partial charge in [0.1, 0.15) is 11.5 Å². The molecule has 2 heterocycles. The normalized spacial score (nSPS) is 15.3. The number of rotatable bonds is 8. The number of nitrogens with zero attached hydrogens (tertiary/aromatic N) is 2. The lowest BCUT2D eigenvalue weighted by Crippen LogP contribution is -2.39. The van der Waals surface area contributed by atoms with E-state index in [4.69, 9.17) is 9.47 Å². The van der Waals surface area contributed by atoms with Crippen LogP contribution in [-0.4, -0.2) is 49.1 Å². The molecular formula is C21H27N3O3. The summed E-state index contributed by atoms with van der Waals surface area (Å²) in [6, 6.07) is 11.4. The third-order valence-electron chi connectivity index (χ3n) is 4.84. The maximum Gasteiger partial charge on any atom is 0.257 e. The SMILES string of the molecule is COc1cccc(OCC(=O)NCC2CCN(Cc3cccnc3)CC2)c1. The van der Waals surface area contributed by atoms with Gasteiger partial charge in [0.25, 0.3) is 5.91 Å². The maximum atomic E-state index is 12.0. The molecule has 1 aliphatic rings. The minimum absolute atomic E-state index is 0.0209. The largest absolute Gasteiger partial charge is 0.497 e. The number of ether oxygens (including phenoxy) is 2. The summed E-state index contributed by atoms with van der Waals surface area (Å²) in [6.07, 6.45) is 5.92. The highest BCUT2D eigenvalue weighted by molar-refractivity contribution is 5.77. The monoisotopic (exact) mass is 369 g/mol. The van der Waals surface area contributed by atoms with Gasteiger partial charge in [0.05, 0.1) is 7.11 Å². The van der Waals surface area contributed by atoms with Gasteiger partial charge in [0, 0.05) is 31.5 Å². The number of pyridine rings is 1. The molecular weight excluding hydrogens is 342 g/mol. The second kappa shape index (κ2) is 9.92. The predicted octanol–water partition coefficient (Wildman–Crippen LogP) is 2.50. The van der Waals surface area contributed by atoms with Crippen LogP contribution in [0.15, 0.2) is 48.8 Å². The Hall–Kier alpha value is -2.60. The van der Waals surface area contributed by atoms with Gasteiger partial charge in [-0.2, -0.15) is 0 Å². The molecule has 0 bridgehead atoms. The zero-order valence-corrected chi connectivity index (χ0v) is 15.8. The van der Waals surface area contributed by atoms with Crippen LogP contribution in [0.25, 0.3) is 0 Å². The van der Waals surface area contributed by atoms with E-state index < -0.39 is 0 Å². The summed E-state index contributed by atoms with van der Waals surface area (Å²) in [4.78, 5) is 18.6. The van der Waals surface area contributed by atoms with Crippen LogP contribution in [0.3, 0.4) is 0 Å². The highest BCUT2D eigenvalue weighted by atomic mass is 16.5. The van der Waals surface area contributed by atoms with Gasteiger partial charge in [-0.15, -0.1) is 0 Å². The first-order valence-electron chi connectivity index (χ1n) is 9.38. The second-order valence-electron chi connectivity index (χ2n) is 6.85. The summed E-state index contributed by atoms with van der Waals surface area (Å²) in [6.45, 7) is 3.78. The van der Waals surface area contributed by atoms with Crippen molar-refractivity contribution in [3.63, 3.8) is 0 Å². The Balaban J connectivity index is 1.33. The van der Waals surface area contributed by atoms with Crippen LogP contribution < -0.4 is 14.8 Å². The molecule has 0 unspecified atom stereocenters. The highest BCUT2D eigenvalue weighted by Crippen LogP contribution is 2.19. The number of hydrogen-bond acceptors (Lipinski definition) is 5. The lowest BCUT2D eigenvalue weighted by molar-refractivity contribution is -0.123. The third kappa shape index (κ3) is 6.25.